The van der Waals surface area contributed by atoms with Crippen molar-refractivity contribution < 1.29 is 48.9 Å². The Hall–Kier alpha value is -5.39. The van der Waals surface area contributed by atoms with E-state index in [1.807, 2.05) is 30.9 Å². The number of rotatable bonds is 23. The average molecular weight is 824 g/mol. The zero-order valence-corrected chi connectivity index (χ0v) is 34.4. The number of nitrogens with two attached hydrogens (primary N) is 1. The van der Waals surface area contributed by atoms with Gasteiger partial charge in [0.1, 0.15) is 5.75 Å². The number of carboxylic acid groups (broad SMARTS) is 2. The van der Waals surface area contributed by atoms with Gasteiger partial charge in [-0.05, 0) is 47.6 Å². The second-order valence-electron chi connectivity index (χ2n) is 15.4. The van der Waals surface area contributed by atoms with E-state index < -0.39 is 41.6 Å². The third-order valence-electron chi connectivity index (χ3n) is 10.6. The Morgan fingerprint density at radius 1 is 0.695 bits per heavy atom. The van der Waals surface area contributed by atoms with Crippen molar-refractivity contribution in [1.29, 1.82) is 0 Å². The summed E-state index contributed by atoms with van der Waals surface area (Å²) in [7, 11) is 0. The van der Waals surface area contributed by atoms with Crippen molar-refractivity contribution in [1.82, 2.24) is 30.7 Å². The number of primary amides is 1. The van der Waals surface area contributed by atoms with Gasteiger partial charge in [-0.15, -0.1) is 0 Å². The number of hydrogen-bond donors (Lipinski definition) is 7. The number of carboxylic acids is 2. The smallest absolute Gasteiger partial charge is 0.317 e. The van der Waals surface area contributed by atoms with E-state index >= 15 is 0 Å². The molecule has 2 aromatic carbocycles. The minimum absolute atomic E-state index is 0.0516. The largest absolute Gasteiger partial charge is 0.508 e. The van der Waals surface area contributed by atoms with Crippen LogP contribution in [0.3, 0.4) is 0 Å². The molecule has 0 bridgehead atoms. The summed E-state index contributed by atoms with van der Waals surface area (Å²) in [6.45, 7) is 8.11. The molecule has 2 aromatic rings. The third kappa shape index (κ3) is 18.0. The molecule has 1 fully saturated rings. The zero-order chi connectivity index (χ0) is 43.5. The van der Waals surface area contributed by atoms with Crippen LogP contribution in [0.4, 0.5) is 0 Å². The monoisotopic (exact) mass is 823 g/mol. The Balaban J connectivity index is 1.55. The molecular weight excluding hydrogens is 763 g/mol. The summed E-state index contributed by atoms with van der Waals surface area (Å²) in [5.41, 5.74) is 7.82. The SMILES string of the molecule is CCC(C)[C@H](NC(=O)[C@@H](C)Cc1ccc(O)cc1)C(=O)C[C@@H](CCC(N)=O)C(=O)NCc1ccc(CNC(=O)CN2CCN(CC(=O)O)CCN(CC(=O)O)CC2)cc1. The van der Waals surface area contributed by atoms with E-state index in [-0.39, 0.29) is 81.3 Å². The first-order valence-corrected chi connectivity index (χ1v) is 20.1. The number of amides is 4. The van der Waals surface area contributed by atoms with E-state index in [1.54, 1.807) is 53.1 Å². The van der Waals surface area contributed by atoms with Crippen molar-refractivity contribution in [3.8, 4) is 5.75 Å². The normalized spacial score (nSPS) is 16.3. The molecule has 3 rings (SSSR count). The van der Waals surface area contributed by atoms with Crippen LogP contribution in [0, 0.1) is 17.8 Å². The van der Waals surface area contributed by atoms with Gasteiger partial charge in [-0.1, -0.05) is 63.6 Å². The van der Waals surface area contributed by atoms with E-state index in [0.29, 0.717) is 52.1 Å². The molecule has 1 heterocycles. The van der Waals surface area contributed by atoms with E-state index in [2.05, 4.69) is 16.0 Å². The Morgan fingerprint density at radius 3 is 1.64 bits per heavy atom. The first-order valence-electron chi connectivity index (χ1n) is 20.1. The van der Waals surface area contributed by atoms with Crippen LogP contribution in [0.5, 0.6) is 5.75 Å². The lowest BCUT2D eigenvalue weighted by Gasteiger charge is -2.26. The number of nitrogens with zero attached hydrogens (tertiary/aromatic N) is 3. The first-order chi connectivity index (χ1) is 28.0. The topological polar surface area (TPSA) is 252 Å². The molecule has 59 heavy (non-hydrogen) atoms. The molecule has 4 atom stereocenters. The molecule has 17 heteroatoms. The summed E-state index contributed by atoms with van der Waals surface area (Å²) in [6.07, 6.45) is 0.769. The Bertz CT molecular complexity index is 1690. The van der Waals surface area contributed by atoms with Gasteiger partial charge in [-0.25, -0.2) is 0 Å². The quantitative estimate of drug-likeness (QED) is 0.0826. The lowest BCUT2D eigenvalue weighted by molar-refractivity contribution is -0.140. The molecule has 8 N–H and O–H groups in total. The zero-order valence-electron chi connectivity index (χ0n) is 34.4. The minimum Gasteiger partial charge on any atom is -0.508 e. The average Bonchev–Trinajstić information content (AvgIpc) is 3.27. The van der Waals surface area contributed by atoms with Crippen LogP contribution in [0.1, 0.15) is 63.1 Å². The molecule has 0 aromatic heterocycles. The summed E-state index contributed by atoms with van der Waals surface area (Å²) in [6, 6.07) is 12.9. The lowest BCUT2D eigenvalue weighted by atomic mass is 9.87. The van der Waals surface area contributed by atoms with Crippen molar-refractivity contribution in [2.75, 3.05) is 58.9 Å². The summed E-state index contributed by atoms with van der Waals surface area (Å²) < 4.78 is 0. The number of benzene rings is 2. The van der Waals surface area contributed by atoms with Gasteiger partial charge >= 0.3 is 11.9 Å². The maximum atomic E-state index is 13.7. The van der Waals surface area contributed by atoms with Gasteiger partial charge in [0.05, 0.1) is 25.7 Å². The Labute approximate surface area is 345 Å². The van der Waals surface area contributed by atoms with E-state index in [0.717, 1.165) is 16.7 Å². The summed E-state index contributed by atoms with van der Waals surface area (Å²) in [5, 5.41) is 36.8. The highest BCUT2D eigenvalue weighted by Crippen LogP contribution is 2.20. The molecule has 0 radical (unpaired) electrons. The molecule has 0 spiro atoms. The van der Waals surface area contributed by atoms with Crippen molar-refractivity contribution in [3.05, 3.63) is 65.2 Å². The van der Waals surface area contributed by atoms with Crippen molar-refractivity contribution in [2.45, 2.75) is 72.0 Å². The van der Waals surface area contributed by atoms with Crippen LogP contribution in [0.2, 0.25) is 0 Å². The number of phenolic OH excluding ortho intramolecular Hbond substituents is 1. The predicted molar refractivity (Wildman–Crippen MR) is 219 cm³/mol. The maximum Gasteiger partial charge on any atom is 0.317 e. The van der Waals surface area contributed by atoms with E-state index in [4.69, 9.17) is 5.73 Å². The molecule has 4 amide bonds. The highest BCUT2D eigenvalue weighted by atomic mass is 16.4. The Kier molecular flexibility index (Phi) is 19.9. The van der Waals surface area contributed by atoms with E-state index in [1.165, 1.54) is 0 Å². The van der Waals surface area contributed by atoms with Gasteiger partial charge < -0.3 is 37.0 Å². The molecular formula is C42H61N7O10. The molecule has 324 valence electrons. The molecule has 1 unspecified atom stereocenters. The van der Waals surface area contributed by atoms with Gasteiger partial charge in [0.15, 0.2) is 5.78 Å². The first kappa shape index (κ1) is 48.0. The lowest BCUT2D eigenvalue weighted by Crippen LogP contribution is -2.48. The van der Waals surface area contributed by atoms with Crippen LogP contribution in [-0.2, 0) is 53.1 Å². The molecule has 1 saturated heterocycles. The fourth-order valence-electron chi connectivity index (χ4n) is 6.77. The molecule has 1 aliphatic rings. The number of ketones is 1. The fraction of sp³-hybridized carbons (Fsp3) is 0.548. The third-order valence-corrected chi connectivity index (χ3v) is 10.6. The number of nitrogens with one attached hydrogen (secondary N) is 3. The van der Waals surface area contributed by atoms with E-state index in [9.17, 15) is 48.9 Å². The van der Waals surface area contributed by atoms with Crippen molar-refractivity contribution in [2.24, 2.45) is 23.5 Å². The Morgan fingerprint density at radius 2 is 1.17 bits per heavy atom. The van der Waals surface area contributed by atoms with Crippen LogP contribution >= 0.6 is 0 Å². The van der Waals surface area contributed by atoms with Crippen LogP contribution in [-0.4, -0.2) is 136 Å². The highest BCUT2D eigenvalue weighted by molar-refractivity contribution is 5.93. The molecule has 1 aliphatic heterocycles. The summed E-state index contributed by atoms with van der Waals surface area (Å²) in [5.74, 6) is -5.28. The van der Waals surface area contributed by atoms with Crippen LogP contribution < -0.4 is 21.7 Å². The van der Waals surface area contributed by atoms with Crippen LogP contribution in [0.25, 0.3) is 0 Å². The number of Topliss-reactive ketones (excluding diaryl/α,β-unsaturated/α-hetero) is 1. The number of carbonyl (C=O) groups is 7. The van der Waals surface area contributed by atoms with Crippen molar-refractivity contribution in [3.63, 3.8) is 0 Å². The summed E-state index contributed by atoms with van der Waals surface area (Å²) in [4.78, 5) is 93.0. The predicted octanol–water partition coefficient (Wildman–Crippen LogP) is 0.964. The standard InChI is InChI=1S/C42H61N7O10/c1-4-28(2)40(46-41(58)29(3)21-30-9-12-34(50)13-10-30)35(51)22-33(11-14-36(43)52)42(59)45-24-32-7-5-31(6-8-32)23-44-37(53)25-47-15-17-48(26-38(54)55)19-20-49(18-16-47)27-39(56)57/h5-10,12-13,28-29,33,40,50H,4,11,14-27H2,1-3H3,(H2,43,52)(H,44,53)(H,45,59)(H,46,58)(H,54,55)(H,56,57)/t28?,29-,33+,40-/m0/s1. The molecule has 0 saturated carbocycles. The van der Waals surface area contributed by atoms with Gasteiger partial charge in [0, 0.05) is 77.0 Å². The second-order valence-corrected chi connectivity index (χ2v) is 15.4. The van der Waals surface area contributed by atoms with Crippen molar-refractivity contribution >= 4 is 41.4 Å². The minimum atomic E-state index is -0.980. The second kappa shape index (κ2) is 24.5. The molecule has 17 nitrogen and oxygen atoms in total. The van der Waals surface area contributed by atoms with Gasteiger partial charge in [0.2, 0.25) is 23.6 Å². The number of aromatic hydroxyl groups is 1. The number of carbonyl (C=O) groups excluding carboxylic acids is 5. The maximum absolute atomic E-state index is 13.7. The van der Waals surface area contributed by atoms with Gasteiger partial charge in [-0.2, -0.15) is 0 Å². The fourth-order valence-corrected chi connectivity index (χ4v) is 6.77. The molecule has 0 aliphatic carbocycles. The van der Waals surface area contributed by atoms with Gasteiger partial charge in [-0.3, -0.25) is 48.3 Å². The number of hydrogen-bond acceptors (Lipinski definition) is 11. The van der Waals surface area contributed by atoms with Gasteiger partial charge in [0.25, 0.3) is 0 Å². The van der Waals surface area contributed by atoms with Crippen LogP contribution in [0.15, 0.2) is 48.5 Å². The number of aliphatic carboxylic acids is 2. The number of phenols is 1. The highest BCUT2D eigenvalue weighted by Gasteiger charge is 2.32. The summed E-state index contributed by atoms with van der Waals surface area (Å²) >= 11 is 0.